The second-order valence-electron chi connectivity index (χ2n) is 22.6. The summed E-state index contributed by atoms with van der Waals surface area (Å²) >= 11 is 0. The van der Waals surface area contributed by atoms with Crippen molar-refractivity contribution < 1.29 is 39.8 Å². The highest BCUT2D eigenvalue weighted by Gasteiger charge is 2.44. The lowest BCUT2D eigenvalue weighted by molar-refractivity contribution is -0.302. The van der Waals surface area contributed by atoms with E-state index >= 15 is 0 Å². The minimum atomic E-state index is -1.56. The van der Waals surface area contributed by atoms with Crippen LogP contribution in [0.4, 0.5) is 0 Å². The minimum absolute atomic E-state index is 0.169. The molecule has 6 N–H and O–H groups in total. The first-order valence-electron chi connectivity index (χ1n) is 31.9. The van der Waals surface area contributed by atoms with Crippen molar-refractivity contribution in [1.29, 1.82) is 0 Å². The molecule has 9 nitrogen and oxygen atoms in total. The fourth-order valence-electron chi connectivity index (χ4n) is 10.6. The average Bonchev–Trinajstić information content (AvgIpc) is 3.38. The number of carbonyl (C=O) groups is 1. The summed E-state index contributed by atoms with van der Waals surface area (Å²) in [6.45, 7) is 3.82. The lowest BCUT2D eigenvalue weighted by atomic mass is 9.99. The van der Waals surface area contributed by atoms with Gasteiger partial charge in [-0.1, -0.05) is 315 Å². The van der Waals surface area contributed by atoms with Gasteiger partial charge in [0.05, 0.1) is 25.4 Å². The monoisotopic (exact) mass is 1020 g/mol. The summed E-state index contributed by atoms with van der Waals surface area (Å²) in [7, 11) is 0. The van der Waals surface area contributed by atoms with E-state index in [1.807, 2.05) is 6.08 Å². The molecule has 0 aromatic heterocycles. The van der Waals surface area contributed by atoms with Crippen LogP contribution >= 0.6 is 0 Å². The van der Waals surface area contributed by atoms with Gasteiger partial charge in [-0.2, -0.15) is 0 Å². The Morgan fingerprint density at radius 2 is 0.764 bits per heavy atom. The van der Waals surface area contributed by atoms with Gasteiger partial charge >= 0.3 is 0 Å². The summed E-state index contributed by atoms with van der Waals surface area (Å²) in [5.74, 6) is -0.169. The highest BCUT2D eigenvalue weighted by molar-refractivity contribution is 5.76. The number of allylic oxidation sites excluding steroid dienone is 1. The van der Waals surface area contributed by atoms with E-state index in [0.717, 1.165) is 38.5 Å². The second-order valence-corrected chi connectivity index (χ2v) is 22.6. The molecule has 0 aromatic carbocycles. The molecule has 2 unspecified atom stereocenters. The van der Waals surface area contributed by atoms with Crippen molar-refractivity contribution >= 4 is 5.91 Å². The lowest BCUT2D eigenvalue weighted by Crippen LogP contribution is -2.60. The van der Waals surface area contributed by atoms with Gasteiger partial charge in [-0.05, 0) is 19.3 Å². The first kappa shape index (κ1) is 68.9. The lowest BCUT2D eigenvalue weighted by Gasteiger charge is -2.40. The molecule has 0 bridgehead atoms. The van der Waals surface area contributed by atoms with Crippen molar-refractivity contribution in [3.8, 4) is 0 Å². The van der Waals surface area contributed by atoms with E-state index in [-0.39, 0.29) is 12.5 Å². The van der Waals surface area contributed by atoms with Gasteiger partial charge in [0.2, 0.25) is 5.91 Å². The molecule has 72 heavy (non-hydrogen) atoms. The van der Waals surface area contributed by atoms with Crippen LogP contribution in [-0.2, 0) is 14.3 Å². The van der Waals surface area contributed by atoms with Crippen LogP contribution in [0.3, 0.4) is 0 Å². The van der Waals surface area contributed by atoms with E-state index in [1.54, 1.807) is 6.08 Å². The van der Waals surface area contributed by atoms with Crippen molar-refractivity contribution in [3.05, 3.63) is 12.2 Å². The maximum atomic E-state index is 13.1. The van der Waals surface area contributed by atoms with Gasteiger partial charge in [0.25, 0.3) is 0 Å². The third-order valence-electron chi connectivity index (χ3n) is 15.6. The summed E-state index contributed by atoms with van der Waals surface area (Å²) in [5.41, 5.74) is 0. The van der Waals surface area contributed by atoms with Crippen molar-refractivity contribution in [2.75, 3.05) is 13.2 Å². The molecular weight excluding hydrogens is 899 g/mol. The molecular formula is C63H123NO8. The molecule has 0 saturated carbocycles. The Labute approximate surface area is 446 Å². The molecule has 7 atom stereocenters. The Morgan fingerprint density at radius 1 is 0.458 bits per heavy atom. The second kappa shape index (κ2) is 53.3. The van der Waals surface area contributed by atoms with Gasteiger partial charge in [-0.25, -0.2) is 0 Å². The summed E-state index contributed by atoms with van der Waals surface area (Å²) in [5, 5.41) is 54.5. The van der Waals surface area contributed by atoms with Gasteiger partial charge in [-0.15, -0.1) is 0 Å². The smallest absolute Gasteiger partial charge is 0.220 e. The number of aliphatic hydroxyl groups excluding tert-OH is 5. The molecule has 1 fully saturated rings. The standard InChI is InChI=1S/C63H123NO8/c1-3-5-7-9-11-13-15-17-19-21-22-23-24-25-26-27-28-29-30-31-32-33-34-35-36-37-39-41-43-45-47-49-51-53-59(67)64-56(55-71-63-62(70)61(69)60(68)58(54-65)72-63)57(66)52-50-48-46-44-42-40-38-20-18-16-14-12-10-8-6-4-2/h50,52,56-58,60-63,65-66,68-70H,3-49,51,53-55H2,1-2H3,(H,64,67)/b52-50+/t56-,57+,58+,60+,61?,62?,63+/m0/s1. The first-order valence-corrected chi connectivity index (χ1v) is 31.9. The van der Waals surface area contributed by atoms with Crippen LogP contribution in [0, 0.1) is 0 Å². The van der Waals surface area contributed by atoms with Crippen LogP contribution in [0.15, 0.2) is 12.2 Å². The Kier molecular flexibility index (Phi) is 51.1. The summed E-state index contributed by atoms with van der Waals surface area (Å²) < 4.78 is 11.3. The number of carbonyl (C=O) groups excluding carboxylic acids is 1. The van der Waals surface area contributed by atoms with Crippen LogP contribution in [-0.4, -0.2) is 87.5 Å². The number of ether oxygens (including phenoxy) is 2. The van der Waals surface area contributed by atoms with Crippen molar-refractivity contribution in [2.24, 2.45) is 0 Å². The fourth-order valence-corrected chi connectivity index (χ4v) is 10.6. The molecule has 1 aliphatic rings. The zero-order valence-electron chi connectivity index (χ0n) is 47.7. The zero-order chi connectivity index (χ0) is 52.2. The number of hydrogen-bond donors (Lipinski definition) is 6. The highest BCUT2D eigenvalue weighted by atomic mass is 16.7. The minimum Gasteiger partial charge on any atom is -0.394 e. The van der Waals surface area contributed by atoms with Gasteiger partial charge < -0.3 is 40.3 Å². The van der Waals surface area contributed by atoms with Crippen LogP contribution in [0.2, 0.25) is 0 Å². The zero-order valence-corrected chi connectivity index (χ0v) is 47.7. The molecule has 1 saturated heterocycles. The average molecular weight is 1020 g/mol. The molecule has 1 aliphatic heterocycles. The van der Waals surface area contributed by atoms with E-state index < -0.39 is 49.5 Å². The maximum Gasteiger partial charge on any atom is 0.220 e. The number of nitrogens with one attached hydrogen (secondary N) is 1. The van der Waals surface area contributed by atoms with Gasteiger partial charge in [0, 0.05) is 6.42 Å². The Balaban J connectivity index is 2.09. The fraction of sp³-hybridized carbons (Fsp3) is 0.952. The molecule has 9 heteroatoms. The number of hydrogen-bond acceptors (Lipinski definition) is 8. The van der Waals surface area contributed by atoms with E-state index in [2.05, 4.69) is 19.2 Å². The normalized spacial score (nSPS) is 19.1. The Morgan fingerprint density at radius 3 is 1.08 bits per heavy atom. The number of rotatable bonds is 56. The topological polar surface area (TPSA) is 149 Å². The van der Waals surface area contributed by atoms with E-state index in [0.29, 0.717) is 6.42 Å². The number of aliphatic hydroxyl groups is 5. The number of unbranched alkanes of at least 4 members (excludes halogenated alkanes) is 46. The van der Waals surface area contributed by atoms with E-state index in [9.17, 15) is 30.3 Å². The molecule has 1 rings (SSSR count). The molecule has 0 aliphatic carbocycles. The molecule has 0 aromatic rings. The molecule has 1 amide bonds. The SMILES string of the molecule is CCCCCCCCCCCCCCCC/C=C/[C@@H](O)[C@H](CO[C@@H]1O[C@H](CO)[C@@H](O)C(O)C1O)NC(=O)CCCCCCCCCCCCCCCCCCCCCCCCCCCCCCCCCCC. The van der Waals surface area contributed by atoms with Crippen LogP contribution < -0.4 is 5.32 Å². The van der Waals surface area contributed by atoms with Gasteiger partial charge in [-0.3, -0.25) is 4.79 Å². The predicted octanol–water partition coefficient (Wildman–Crippen LogP) is 16.4. The Hall–Kier alpha value is -1.07. The van der Waals surface area contributed by atoms with Crippen molar-refractivity contribution in [1.82, 2.24) is 5.32 Å². The molecule has 0 spiro atoms. The third-order valence-corrected chi connectivity index (χ3v) is 15.6. The summed E-state index contributed by atoms with van der Waals surface area (Å²) in [4.78, 5) is 13.1. The summed E-state index contributed by atoms with van der Waals surface area (Å²) in [6, 6.07) is -0.800. The number of amides is 1. The molecule has 1 heterocycles. The predicted molar refractivity (Wildman–Crippen MR) is 304 cm³/mol. The van der Waals surface area contributed by atoms with Crippen molar-refractivity contribution in [3.63, 3.8) is 0 Å². The van der Waals surface area contributed by atoms with Gasteiger partial charge in [0.1, 0.15) is 24.4 Å². The van der Waals surface area contributed by atoms with Crippen LogP contribution in [0.1, 0.15) is 328 Å². The van der Waals surface area contributed by atoms with Gasteiger partial charge in [0.15, 0.2) is 6.29 Å². The van der Waals surface area contributed by atoms with Crippen molar-refractivity contribution in [2.45, 2.75) is 371 Å². The van der Waals surface area contributed by atoms with E-state index in [4.69, 9.17) is 9.47 Å². The highest BCUT2D eigenvalue weighted by Crippen LogP contribution is 2.23. The van der Waals surface area contributed by atoms with Crippen LogP contribution in [0.5, 0.6) is 0 Å². The quantitative estimate of drug-likeness (QED) is 0.0261. The molecule has 0 radical (unpaired) electrons. The first-order chi connectivity index (χ1) is 35.3. The third kappa shape index (κ3) is 42.1. The molecule has 428 valence electrons. The van der Waals surface area contributed by atoms with Crippen LogP contribution in [0.25, 0.3) is 0 Å². The Bertz CT molecular complexity index is 1140. The largest absolute Gasteiger partial charge is 0.394 e. The summed E-state index contributed by atoms with van der Waals surface area (Å²) in [6.07, 6.45) is 60.2. The maximum absolute atomic E-state index is 13.1. The van der Waals surface area contributed by atoms with E-state index in [1.165, 1.54) is 270 Å².